The number of carbonyl (C=O) groups is 2. The Kier molecular flexibility index (Phi) is 9.69. The smallest absolute Gasteiger partial charge is 0.331 e. The first-order chi connectivity index (χ1) is 22.1. The molecule has 0 radical (unpaired) electrons. The first-order valence-corrected chi connectivity index (χ1v) is 18.3. The van der Waals surface area contributed by atoms with E-state index < -0.39 is 21.9 Å². The van der Waals surface area contributed by atoms with Crippen molar-refractivity contribution in [1.82, 2.24) is 4.72 Å². The lowest BCUT2D eigenvalue weighted by Gasteiger charge is -2.46. The Labute approximate surface area is 276 Å². The van der Waals surface area contributed by atoms with Gasteiger partial charge in [0, 0.05) is 29.1 Å². The Hall–Kier alpha value is -3.08. The number of nitrogens with one attached hydrogen (secondary N) is 1. The number of nitrogens with zero attached hydrogens (tertiary/aromatic N) is 1. The minimum absolute atomic E-state index is 0.154. The molecule has 1 fully saturated rings. The first-order valence-electron chi connectivity index (χ1n) is 16.3. The van der Waals surface area contributed by atoms with Crippen molar-refractivity contribution in [3.63, 3.8) is 0 Å². The number of benzene rings is 2. The van der Waals surface area contributed by atoms with Crippen LogP contribution in [0.2, 0.25) is 5.02 Å². The van der Waals surface area contributed by atoms with Crippen LogP contribution in [0, 0.1) is 17.8 Å². The van der Waals surface area contributed by atoms with Crippen LogP contribution in [0.3, 0.4) is 0 Å². The van der Waals surface area contributed by atoms with Gasteiger partial charge in [0.1, 0.15) is 12.4 Å². The molecule has 4 aliphatic rings. The molecule has 1 amide bonds. The topological polar surface area (TPSA) is 111 Å². The number of sulfonamides is 1. The molecule has 9 nitrogen and oxygen atoms in total. The number of rotatable bonds is 4. The standard InChI is InChI=1S/C35H43ClN2O7S/c1-3-23-6-4-8-31(44-19-33(39)43-2)28-12-9-26(28)18-38-21-35(15-5-7-24-16-27(36)11-13-29(24)35)22-45-32-14-10-25(17-30(32)38)34(40)37-46(41,42)20-23/h4,8,10-11,13-14,16-17,23,26,28,31H,3,5-7,9,12,15,18-22H2,1-2H3,(H,37,40)/b8-4-/t23-,26+,28-,31+,35+/m1/s1. The molecule has 0 saturated heterocycles. The number of carbonyl (C=O) groups excluding carboxylic acids is 2. The largest absolute Gasteiger partial charge is 0.490 e. The van der Waals surface area contributed by atoms with Gasteiger partial charge in [0.15, 0.2) is 0 Å². The van der Waals surface area contributed by atoms with Gasteiger partial charge in [-0.05, 0) is 97.7 Å². The second kappa shape index (κ2) is 13.6. The van der Waals surface area contributed by atoms with Crippen molar-refractivity contribution in [3.05, 3.63) is 70.3 Å². The number of amides is 1. The van der Waals surface area contributed by atoms with E-state index in [1.807, 2.05) is 25.1 Å². The van der Waals surface area contributed by atoms with Crippen molar-refractivity contribution >= 4 is 39.2 Å². The van der Waals surface area contributed by atoms with Crippen molar-refractivity contribution in [3.8, 4) is 5.75 Å². The number of fused-ring (bicyclic) bond motifs is 4. The van der Waals surface area contributed by atoms with Gasteiger partial charge in [-0.25, -0.2) is 17.9 Å². The Morgan fingerprint density at radius 1 is 1.20 bits per heavy atom. The molecule has 2 aromatic rings. The number of esters is 1. The van der Waals surface area contributed by atoms with Crippen molar-refractivity contribution in [2.45, 2.75) is 63.4 Å². The van der Waals surface area contributed by atoms with Gasteiger partial charge in [-0.3, -0.25) is 4.79 Å². The predicted molar refractivity (Wildman–Crippen MR) is 177 cm³/mol. The fourth-order valence-electron chi connectivity index (χ4n) is 7.65. The molecule has 0 aromatic heterocycles. The fourth-order valence-corrected chi connectivity index (χ4v) is 9.32. The summed E-state index contributed by atoms with van der Waals surface area (Å²) in [6.45, 7) is 3.62. The molecular formula is C35H43ClN2O7S. The minimum Gasteiger partial charge on any atom is -0.490 e. The number of ether oxygens (including phenoxy) is 3. The third-order valence-corrected chi connectivity index (χ3v) is 12.0. The molecule has 2 heterocycles. The molecule has 1 saturated carbocycles. The Bertz CT molecular complexity index is 1610. The van der Waals surface area contributed by atoms with Crippen LogP contribution in [0.4, 0.5) is 5.69 Å². The molecule has 248 valence electrons. The Morgan fingerprint density at radius 2 is 2.04 bits per heavy atom. The minimum atomic E-state index is -3.90. The van der Waals surface area contributed by atoms with Crippen molar-refractivity contribution in [1.29, 1.82) is 0 Å². The lowest BCUT2D eigenvalue weighted by atomic mass is 9.68. The van der Waals surface area contributed by atoms with Crippen molar-refractivity contribution in [2.75, 3.05) is 44.1 Å². The summed E-state index contributed by atoms with van der Waals surface area (Å²) in [6, 6.07) is 11.3. The molecule has 0 unspecified atom stereocenters. The van der Waals surface area contributed by atoms with Gasteiger partial charge in [-0.2, -0.15) is 0 Å². The molecule has 2 aromatic carbocycles. The monoisotopic (exact) mass is 670 g/mol. The van der Waals surface area contributed by atoms with Crippen LogP contribution in [-0.2, 0) is 36.1 Å². The van der Waals surface area contributed by atoms with E-state index >= 15 is 0 Å². The van der Waals surface area contributed by atoms with Crippen LogP contribution in [0.1, 0.15) is 66.9 Å². The molecule has 5 atom stereocenters. The number of allylic oxidation sites excluding steroid dienone is 1. The van der Waals surface area contributed by atoms with Gasteiger partial charge >= 0.3 is 5.97 Å². The van der Waals surface area contributed by atoms with E-state index in [-0.39, 0.29) is 47.2 Å². The number of methoxy groups -OCH3 is 1. The van der Waals surface area contributed by atoms with Crippen LogP contribution in [0.5, 0.6) is 5.75 Å². The molecule has 46 heavy (non-hydrogen) atoms. The van der Waals surface area contributed by atoms with E-state index in [1.54, 1.807) is 18.2 Å². The summed E-state index contributed by atoms with van der Waals surface area (Å²) in [5.41, 5.74) is 3.23. The van der Waals surface area contributed by atoms with Crippen LogP contribution < -0.4 is 14.4 Å². The van der Waals surface area contributed by atoms with Crippen LogP contribution >= 0.6 is 11.6 Å². The van der Waals surface area contributed by atoms with E-state index in [9.17, 15) is 18.0 Å². The number of aryl methyl sites for hydroxylation is 1. The second-order valence-electron chi connectivity index (χ2n) is 13.3. The van der Waals surface area contributed by atoms with Gasteiger partial charge in [-0.1, -0.05) is 43.2 Å². The Morgan fingerprint density at radius 3 is 2.80 bits per heavy atom. The van der Waals surface area contributed by atoms with Crippen molar-refractivity contribution < 1.29 is 32.2 Å². The first kappa shape index (κ1) is 32.8. The lowest BCUT2D eigenvalue weighted by molar-refractivity contribution is -0.149. The number of anilines is 1. The summed E-state index contributed by atoms with van der Waals surface area (Å²) in [7, 11) is -2.55. The van der Waals surface area contributed by atoms with Gasteiger partial charge in [0.05, 0.1) is 31.3 Å². The number of hydrogen-bond donors (Lipinski definition) is 1. The van der Waals surface area contributed by atoms with E-state index in [0.717, 1.165) is 42.8 Å². The van der Waals surface area contributed by atoms with Gasteiger partial charge < -0.3 is 19.1 Å². The average Bonchev–Trinajstić information content (AvgIpc) is 3.17. The highest BCUT2D eigenvalue weighted by molar-refractivity contribution is 7.90. The van der Waals surface area contributed by atoms with E-state index in [4.69, 9.17) is 25.8 Å². The van der Waals surface area contributed by atoms with Gasteiger partial charge in [0.25, 0.3) is 5.91 Å². The van der Waals surface area contributed by atoms with Gasteiger partial charge in [-0.15, -0.1) is 0 Å². The number of hydrogen-bond acceptors (Lipinski definition) is 8. The quantitative estimate of drug-likeness (QED) is 0.338. The molecule has 1 spiro atoms. The summed E-state index contributed by atoms with van der Waals surface area (Å²) >= 11 is 6.41. The van der Waals surface area contributed by atoms with Crippen LogP contribution in [0.25, 0.3) is 0 Å². The molecule has 2 aliphatic carbocycles. The zero-order chi connectivity index (χ0) is 32.5. The zero-order valence-electron chi connectivity index (χ0n) is 26.5. The molecule has 2 aliphatic heterocycles. The maximum Gasteiger partial charge on any atom is 0.331 e. The summed E-state index contributed by atoms with van der Waals surface area (Å²) in [5, 5.41) is 0.720. The SMILES string of the molecule is CC[C@@H]1C/C=C\[C@H](OCC(=O)OC)[C@@H]2CC[C@H]2CN2C[C@@]3(CCCc4cc(Cl)ccc43)COc3ccc(cc32)C(=O)NS(=O)(=O)C1. The average molecular weight is 671 g/mol. The summed E-state index contributed by atoms with van der Waals surface area (Å²) < 4.78 is 46.2. The molecule has 2 bridgehead atoms. The van der Waals surface area contributed by atoms with E-state index in [0.29, 0.717) is 38.3 Å². The van der Waals surface area contributed by atoms with Gasteiger partial charge in [0.2, 0.25) is 10.0 Å². The summed E-state index contributed by atoms with van der Waals surface area (Å²) in [5.74, 6) is -0.359. The lowest BCUT2D eigenvalue weighted by Crippen LogP contribution is -2.49. The molecule has 11 heteroatoms. The fraction of sp³-hybridized carbons (Fsp3) is 0.543. The van der Waals surface area contributed by atoms with Crippen LogP contribution in [-0.4, -0.2) is 65.6 Å². The second-order valence-corrected chi connectivity index (χ2v) is 15.5. The zero-order valence-corrected chi connectivity index (χ0v) is 28.1. The maximum atomic E-state index is 13.4. The molecule has 6 rings (SSSR count). The summed E-state index contributed by atoms with van der Waals surface area (Å²) in [4.78, 5) is 27.8. The third kappa shape index (κ3) is 6.94. The highest BCUT2D eigenvalue weighted by Crippen LogP contribution is 2.47. The summed E-state index contributed by atoms with van der Waals surface area (Å²) in [6.07, 6.45) is 9.61. The normalized spacial score (nSPS) is 29.6. The third-order valence-electron chi connectivity index (χ3n) is 10.3. The predicted octanol–water partition coefficient (Wildman–Crippen LogP) is 5.44. The highest BCUT2D eigenvalue weighted by atomic mass is 35.5. The van der Waals surface area contributed by atoms with E-state index in [1.165, 1.54) is 18.2 Å². The number of halogens is 1. The van der Waals surface area contributed by atoms with E-state index in [2.05, 4.69) is 21.8 Å². The molecular weight excluding hydrogens is 628 g/mol. The maximum absolute atomic E-state index is 13.4. The Balaban J connectivity index is 1.40. The molecule has 1 N–H and O–H groups in total. The highest BCUT2D eigenvalue weighted by Gasteiger charge is 2.44. The van der Waals surface area contributed by atoms with Crippen LogP contribution in [0.15, 0.2) is 48.6 Å². The van der Waals surface area contributed by atoms with Crippen molar-refractivity contribution in [2.24, 2.45) is 17.8 Å².